The highest BCUT2D eigenvalue weighted by Gasteiger charge is 2.72. The maximum absolute atomic E-state index is 14.6. The minimum atomic E-state index is -1.33. The van der Waals surface area contributed by atoms with Gasteiger partial charge in [0.05, 0.1) is 36.1 Å². The van der Waals surface area contributed by atoms with Crippen molar-refractivity contribution in [2.75, 3.05) is 26.2 Å². The van der Waals surface area contributed by atoms with Crippen molar-refractivity contribution in [2.24, 2.45) is 17.8 Å². The van der Waals surface area contributed by atoms with E-state index < -0.39 is 35.6 Å². The zero-order valence-electron chi connectivity index (χ0n) is 23.8. The second-order valence-electron chi connectivity index (χ2n) is 11.9. The van der Waals surface area contributed by atoms with Crippen LogP contribution in [0.1, 0.15) is 33.6 Å². The Morgan fingerprint density at radius 1 is 1.07 bits per heavy atom. The van der Waals surface area contributed by atoms with Crippen molar-refractivity contribution in [3.63, 3.8) is 0 Å². The SMILES string of the molecule is CCCN1CC=C[C@H]2O[C@]34C=CCN(Cn5nnc6ccccc65)C(=O)C3N([C@@H](CO)CC(C)C)C(=O)[C@@H]4[C@H]2C1=O. The number of likely N-dealkylation sites (tertiary alicyclic amines) is 1. The molecule has 2 saturated heterocycles. The summed E-state index contributed by atoms with van der Waals surface area (Å²) in [6, 6.07) is 5.91. The van der Waals surface area contributed by atoms with Crippen molar-refractivity contribution in [3.8, 4) is 0 Å². The second-order valence-corrected chi connectivity index (χ2v) is 11.9. The summed E-state index contributed by atoms with van der Waals surface area (Å²) in [5.74, 6) is -2.19. The van der Waals surface area contributed by atoms with Crippen LogP contribution >= 0.6 is 0 Å². The Hall–Kier alpha value is -3.57. The molecule has 0 saturated carbocycles. The summed E-state index contributed by atoms with van der Waals surface area (Å²) < 4.78 is 8.39. The van der Waals surface area contributed by atoms with Crippen LogP contribution in [0.15, 0.2) is 48.6 Å². The highest BCUT2D eigenvalue weighted by atomic mass is 16.5. The number of aliphatic hydroxyl groups is 1. The van der Waals surface area contributed by atoms with Crippen LogP contribution in [-0.2, 0) is 25.8 Å². The molecule has 0 aliphatic carbocycles. The highest BCUT2D eigenvalue weighted by Crippen LogP contribution is 2.54. The van der Waals surface area contributed by atoms with Crippen LogP contribution in [0.3, 0.4) is 0 Å². The van der Waals surface area contributed by atoms with Gasteiger partial charge < -0.3 is 24.5 Å². The van der Waals surface area contributed by atoms with E-state index in [1.165, 1.54) is 4.90 Å². The quantitative estimate of drug-likeness (QED) is 0.485. The van der Waals surface area contributed by atoms with Crippen molar-refractivity contribution in [2.45, 2.75) is 64.1 Å². The Morgan fingerprint density at radius 2 is 1.85 bits per heavy atom. The third kappa shape index (κ3) is 4.37. The van der Waals surface area contributed by atoms with Gasteiger partial charge in [-0.05, 0) is 30.9 Å². The Labute approximate surface area is 239 Å². The summed E-state index contributed by atoms with van der Waals surface area (Å²) in [6.07, 6.45) is 8.18. The molecule has 1 aromatic carbocycles. The van der Waals surface area contributed by atoms with Gasteiger partial charge in [-0.15, -0.1) is 5.10 Å². The predicted molar refractivity (Wildman–Crippen MR) is 150 cm³/mol. The number of aromatic nitrogens is 3. The molecule has 218 valence electrons. The number of benzene rings is 1. The number of hydrogen-bond donors (Lipinski definition) is 1. The lowest BCUT2D eigenvalue weighted by Crippen LogP contribution is -2.58. The Kier molecular flexibility index (Phi) is 7.19. The third-order valence-electron chi connectivity index (χ3n) is 8.83. The van der Waals surface area contributed by atoms with Crippen molar-refractivity contribution < 1.29 is 24.2 Å². The molecular weight excluding hydrogens is 524 g/mol. The first-order valence-corrected chi connectivity index (χ1v) is 14.6. The van der Waals surface area contributed by atoms with Crippen LogP contribution in [0.4, 0.5) is 0 Å². The minimum Gasteiger partial charge on any atom is -0.394 e. The van der Waals surface area contributed by atoms with E-state index in [2.05, 4.69) is 10.3 Å². The monoisotopic (exact) mass is 562 g/mol. The largest absolute Gasteiger partial charge is 0.394 e. The second kappa shape index (κ2) is 10.7. The number of ether oxygens (including phenoxy) is 1. The summed E-state index contributed by atoms with van der Waals surface area (Å²) in [6.45, 7) is 7.21. The number of nitrogens with zero attached hydrogens (tertiary/aromatic N) is 6. The first kappa shape index (κ1) is 27.6. The van der Waals surface area contributed by atoms with Crippen LogP contribution < -0.4 is 0 Å². The van der Waals surface area contributed by atoms with E-state index in [1.54, 1.807) is 14.5 Å². The molecule has 11 heteroatoms. The zero-order chi connectivity index (χ0) is 28.9. The normalized spacial score (nSPS) is 30.2. The Balaban J connectivity index is 1.43. The lowest BCUT2D eigenvalue weighted by atomic mass is 9.77. The molecule has 2 aromatic rings. The fourth-order valence-electron chi connectivity index (χ4n) is 7.17. The number of hydrogen-bond acceptors (Lipinski definition) is 7. The number of fused-ring (bicyclic) bond motifs is 3. The zero-order valence-corrected chi connectivity index (χ0v) is 23.8. The number of rotatable bonds is 8. The maximum atomic E-state index is 14.6. The van der Waals surface area contributed by atoms with Gasteiger partial charge in [0.15, 0.2) is 0 Å². The summed E-state index contributed by atoms with van der Waals surface area (Å²) >= 11 is 0. The molecule has 2 fully saturated rings. The molecular formula is C30H38N6O5. The molecule has 1 N–H and O–H groups in total. The Bertz CT molecular complexity index is 1400. The van der Waals surface area contributed by atoms with Gasteiger partial charge >= 0.3 is 0 Å². The average molecular weight is 563 g/mol. The van der Waals surface area contributed by atoms with Gasteiger partial charge in [0.25, 0.3) is 5.91 Å². The standard InChI is InChI=1S/C30H38N6O5/c1-4-13-33-14-7-11-23-24(27(33)38)25-28(39)36(20(17-37)16-19(2)3)26-29(40)34(15-8-12-30(25,26)41-23)18-35-22-10-6-5-9-21(22)31-32-35/h5-12,19-20,23-26,37H,4,13-18H2,1-3H3/t20-,23-,24+,25+,26?,30+/m1/s1. The van der Waals surface area contributed by atoms with E-state index in [4.69, 9.17) is 4.74 Å². The van der Waals surface area contributed by atoms with Gasteiger partial charge in [0, 0.05) is 19.6 Å². The van der Waals surface area contributed by atoms with Crippen LogP contribution in [0, 0.1) is 17.8 Å². The van der Waals surface area contributed by atoms with Crippen molar-refractivity contribution >= 4 is 28.8 Å². The number of carbonyl (C=O) groups excluding carboxylic acids is 3. The van der Waals surface area contributed by atoms with Gasteiger partial charge in [0.2, 0.25) is 11.8 Å². The average Bonchev–Trinajstić information content (AvgIpc) is 3.51. The molecule has 11 nitrogen and oxygen atoms in total. The topological polar surface area (TPSA) is 121 Å². The van der Waals surface area contributed by atoms with E-state index in [-0.39, 0.29) is 43.5 Å². The van der Waals surface area contributed by atoms with E-state index in [1.807, 2.05) is 69.3 Å². The first-order valence-electron chi connectivity index (χ1n) is 14.6. The molecule has 6 rings (SSSR count). The summed E-state index contributed by atoms with van der Waals surface area (Å²) in [5, 5.41) is 19.0. The fourth-order valence-corrected chi connectivity index (χ4v) is 7.17. The summed E-state index contributed by atoms with van der Waals surface area (Å²) in [5.41, 5.74) is 0.181. The smallest absolute Gasteiger partial charge is 0.250 e. The summed E-state index contributed by atoms with van der Waals surface area (Å²) in [7, 11) is 0. The molecule has 41 heavy (non-hydrogen) atoms. The number of amides is 3. The molecule has 4 aliphatic heterocycles. The third-order valence-corrected chi connectivity index (χ3v) is 8.83. The number of aliphatic hydroxyl groups excluding tert-OH is 1. The van der Waals surface area contributed by atoms with Crippen LogP contribution in [0.5, 0.6) is 0 Å². The van der Waals surface area contributed by atoms with Crippen molar-refractivity contribution in [1.82, 2.24) is 29.7 Å². The minimum absolute atomic E-state index is 0.127. The van der Waals surface area contributed by atoms with Gasteiger partial charge in [-0.3, -0.25) is 14.4 Å². The van der Waals surface area contributed by atoms with E-state index >= 15 is 0 Å². The molecule has 1 aromatic heterocycles. The van der Waals surface area contributed by atoms with E-state index in [0.29, 0.717) is 19.5 Å². The van der Waals surface area contributed by atoms with Crippen LogP contribution in [-0.4, -0.2) is 103 Å². The predicted octanol–water partition coefficient (Wildman–Crippen LogP) is 1.58. The maximum Gasteiger partial charge on any atom is 0.250 e. The molecule has 3 amide bonds. The Morgan fingerprint density at radius 3 is 2.61 bits per heavy atom. The molecule has 4 aliphatic rings. The molecule has 1 unspecified atom stereocenters. The number of para-hydroxylation sites is 1. The highest BCUT2D eigenvalue weighted by molar-refractivity contribution is 6.00. The van der Waals surface area contributed by atoms with Crippen molar-refractivity contribution in [3.05, 3.63) is 48.6 Å². The van der Waals surface area contributed by atoms with Crippen molar-refractivity contribution in [1.29, 1.82) is 0 Å². The molecule has 5 heterocycles. The number of carbonyl (C=O) groups is 3. The van der Waals surface area contributed by atoms with Crippen LogP contribution in [0.25, 0.3) is 11.0 Å². The van der Waals surface area contributed by atoms with E-state index in [0.717, 1.165) is 17.5 Å². The molecule has 6 atom stereocenters. The van der Waals surface area contributed by atoms with Gasteiger partial charge in [-0.2, -0.15) is 0 Å². The first-order chi connectivity index (χ1) is 19.8. The molecule has 0 radical (unpaired) electrons. The van der Waals surface area contributed by atoms with Crippen LogP contribution in [0.2, 0.25) is 0 Å². The lowest BCUT2D eigenvalue weighted by Gasteiger charge is -2.39. The van der Waals surface area contributed by atoms with Gasteiger partial charge in [0.1, 0.15) is 23.8 Å². The lowest BCUT2D eigenvalue weighted by molar-refractivity contribution is -0.152. The molecule has 0 bridgehead atoms. The van der Waals surface area contributed by atoms with Gasteiger partial charge in [-0.1, -0.05) is 62.4 Å². The van der Waals surface area contributed by atoms with E-state index in [9.17, 15) is 19.5 Å². The summed E-state index contributed by atoms with van der Waals surface area (Å²) in [4.78, 5) is 47.9. The fraction of sp³-hybridized carbons (Fsp3) is 0.567. The van der Waals surface area contributed by atoms with Gasteiger partial charge in [-0.25, -0.2) is 4.68 Å². The molecule has 1 spiro atoms.